The molecule has 0 unspecified atom stereocenters. The number of benzene rings is 1. The zero-order valence-corrected chi connectivity index (χ0v) is 9.69. The molecule has 0 bridgehead atoms. The first-order valence-electron chi connectivity index (χ1n) is 5.02. The Bertz CT molecular complexity index is 546. The molecule has 84 valence electrons. The number of hydrogen-bond acceptors (Lipinski definition) is 3. The van der Waals surface area contributed by atoms with Crippen LogP contribution in [0.25, 0.3) is 0 Å². The number of aromatic nitrogens is 1. The van der Waals surface area contributed by atoms with E-state index in [1.165, 1.54) is 0 Å². The van der Waals surface area contributed by atoms with Crippen LogP contribution in [0.5, 0.6) is 5.75 Å². The minimum Gasteiger partial charge on any atom is -0.486 e. The van der Waals surface area contributed by atoms with Crippen molar-refractivity contribution in [2.24, 2.45) is 0 Å². The van der Waals surface area contributed by atoms with E-state index in [1.54, 1.807) is 30.5 Å². The molecule has 0 spiro atoms. The lowest BCUT2D eigenvalue weighted by atomic mass is 10.2. The predicted molar refractivity (Wildman–Crippen MR) is 64.7 cm³/mol. The van der Waals surface area contributed by atoms with Crippen LogP contribution in [-0.4, -0.2) is 4.98 Å². The third-order valence-electron chi connectivity index (χ3n) is 2.18. The lowest BCUT2D eigenvalue weighted by molar-refractivity contribution is 0.304. The highest BCUT2D eigenvalue weighted by molar-refractivity contribution is 6.30. The van der Waals surface area contributed by atoms with E-state index in [9.17, 15) is 0 Å². The molecule has 1 aromatic heterocycles. The summed E-state index contributed by atoms with van der Waals surface area (Å²) in [6.07, 6.45) is 1.56. The molecule has 2 aromatic rings. The first kappa shape index (κ1) is 11.4. The molecule has 0 aliphatic heterocycles. The number of nitrogens with zero attached hydrogens (tertiary/aromatic N) is 2. The van der Waals surface area contributed by atoms with Gasteiger partial charge >= 0.3 is 0 Å². The Balaban J connectivity index is 2.08. The van der Waals surface area contributed by atoms with Crippen molar-refractivity contribution < 1.29 is 4.74 Å². The average Bonchev–Trinajstić information content (AvgIpc) is 2.38. The maximum absolute atomic E-state index is 8.84. The zero-order valence-electron chi connectivity index (χ0n) is 8.93. The highest BCUT2D eigenvalue weighted by Crippen LogP contribution is 2.16. The van der Waals surface area contributed by atoms with Crippen molar-refractivity contribution in [3.8, 4) is 11.8 Å². The van der Waals surface area contributed by atoms with Crippen LogP contribution in [0, 0.1) is 11.3 Å². The normalized spacial score (nSPS) is 9.65. The SMILES string of the molecule is N#Cc1ncccc1OCc1ccc(Cl)cc1. The van der Waals surface area contributed by atoms with Gasteiger partial charge in [0, 0.05) is 11.2 Å². The van der Waals surface area contributed by atoms with Gasteiger partial charge in [0.1, 0.15) is 12.7 Å². The predicted octanol–water partition coefficient (Wildman–Crippen LogP) is 3.19. The monoisotopic (exact) mass is 244 g/mol. The van der Waals surface area contributed by atoms with E-state index in [0.717, 1.165) is 5.56 Å². The van der Waals surface area contributed by atoms with E-state index in [0.29, 0.717) is 23.1 Å². The van der Waals surface area contributed by atoms with Gasteiger partial charge in [0.2, 0.25) is 0 Å². The number of nitriles is 1. The van der Waals surface area contributed by atoms with Crippen molar-refractivity contribution in [3.63, 3.8) is 0 Å². The van der Waals surface area contributed by atoms with Gasteiger partial charge in [-0.1, -0.05) is 23.7 Å². The Morgan fingerprint density at radius 3 is 2.71 bits per heavy atom. The van der Waals surface area contributed by atoms with E-state index in [-0.39, 0.29) is 0 Å². The summed E-state index contributed by atoms with van der Waals surface area (Å²) in [6, 6.07) is 12.8. The summed E-state index contributed by atoms with van der Waals surface area (Å²) in [5.74, 6) is 0.491. The average molecular weight is 245 g/mol. The second-order valence-electron chi connectivity index (χ2n) is 3.38. The molecule has 0 radical (unpaired) electrons. The van der Waals surface area contributed by atoms with Gasteiger partial charge in [0.05, 0.1) is 0 Å². The van der Waals surface area contributed by atoms with E-state index in [2.05, 4.69) is 4.98 Å². The molecule has 1 aromatic carbocycles. The van der Waals surface area contributed by atoms with Gasteiger partial charge in [0.15, 0.2) is 11.4 Å². The molecule has 0 atom stereocenters. The molecular formula is C13H9ClN2O. The quantitative estimate of drug-likeness (QED) is 0.833. The third kappa shape index (κ3) is 2.96. The summed E-state index contributed by atoms with van der Waals surface area (Å²) < 4.78 is 5.53. The van der Waals surface area contributed by atoms with Crippen molar-refractivity contribution in [1.82, 2.24) is 4.98 Å². The number of hydrogen-bond donors (Lipinski definition) is 0. The van der Waals surface area contributed by atoms with Crippen molar-refractivity contribution >= 4 is 11.6 Å². The van der Waals surface area contributed by atoms with E-state index >= 15 is 0 Å². The summed E-state index contributed by atoms with van der Waals surface area (Å²) in [7, 11) is 0. The number of rotatable bonds is 3. The minimum absolute atomic E-state index is 0.293. The lowest BCUT2D eigenvalue weighted by Crippen LogP contribution is -1.98. The molecule has 0 fully saturated rings. The first-order chi connectivity index (χ1) is 8.29. The van der Waals surface area contributed by atoms with Crippen LogP contribution in [0.4, 0.5) is 0 Å². The van der Waals surface area contributed by atoms with Crippen LogP contribution >= 0.6 is 11.6 Å². The summed E-state index contributed by atoms with van der Waals surface area (Å²) in [6.45, 7) is 0.386. The maximum atomic E-state index is 8.84. The minimum atomic E-state index is 0.293. The Labute approximate surface area is 104 Å². The number of halogens is 1. The van der Waals surface area contributed by atoms with E-state index in [1.807, 2.05) is 18.2 Å². The Hall–Kier alpha value is -2.05. The van der Waals surface area contributed by atoms with Crippen molar-refractivity contribution in [2.45, 2.75) is 6.61 Å². The molecule has 2 rings (SSSR count). The molecule has 3 nitrogen and oxygen atoms in total. The van der Waals surface area contributed by atoms with Gasteiger partial charge in [0.25, 0.3) is 0 Å². The summed E-state index contributed by atoms with van der Waals surface area (Å²) in [4.78, 5) is 3.92. The Morgan fingerprint density at radius 2 is 2.00 bits per heavy atom. The second-order valence-corrected chi connectivity index (χ2v) is 3.81. The standard InChI is InChI=1S/C13H9ClN2O/c14-11-5-3-10(4-6-11)9-17-13-2-1-7-16-12(13)8-15/h1-7H,9H2. The van der Waals surface area contributed by atoms with E-state index in [4.69, 9.17) is 21.6 Å². The number of ether oxygens (including phenoxy) is 1. The molecule has 17 heavy (non-hydrogen) atoms. The second kappa shape index (κ2) is 5.33. The van der Waals surface area contributed by atoms with Crippen LogP contribution in [-0.2, 0) is 6.61 Å². The van der Waals surface area contributed by atoms with Gasteiger partial charge in [-0.3, -0.25) is 0 Å². The third-order valence-corrected chi connectivity index (χ3v) is 2.44. The van der Waals surface area contributed by atoms with Crippen LogP contribution in [0.1, 0.15) is 11.3 Å². The fraction of sp³-hybridized carbons (Fsp3) is 0.0769. The molecular weight excluding hydrogens is 236 g/mol. The first-order valence-corrected chi connectivity index (χ1v) is 5.40. The van der Waals surface area contributed by atoms with Crippen LogP contribution < -0.4 is 4.74 Å². The molecule has 4 heteroatoms. The fourth-order valence-electron chi connectivity index (χ4n) is 1.33. The molecule has 0 aliphatic rings. The van der Waals surface area contributed by atoms with Crippen molar-refractivity contribution in [2.75, 3.05) is 0 Å². The van der Waals surface area contributed by atoms with Crippen LogP contribution in [0.2, 0.25) is 5.02 Å². The fourth-order valence-corrected chi connectivity index (χ4v) is 1.46. The lowest BCUT2D eigenvalue weighted by Gasteiger charge is -2.06. The summed E-state index contributed by atoms with van der Waals surface area (Å²) in [5, 5.41) is 9.53. The molecule has 0 aliphatic carbocycles. The van der Waals surface area contributed by atoms with Crippen molar-refractivity contribution in [1.29, 1.82) is 5.26 Å². The van der Waals surface area contributed by atoms with Gasteiger partial charge in [-0.25, -0.2) is 4.98 Å². The van der Waals surface area contributed by atoms with Crippen LogP contribution in [0.3, 0.4) is 0 Å². The maximum Gasteiger partial charge on any atom is 0.182 e. The van der Waals surface area contributed by atoms with E-state index < -0.39 is 0 Å². The molecule has 0 saturated heterocycles. The Morgan fingerprint density at radius 1 is 1.24 bits per heavy atom. The largest absolute Gasteiger partial charge is 0.486 e. The number of pyridine rings is 1. The van der Waals surface area contributed by atoms with Gasteiger partial charge < -0.3 is 4.74 Å². The smallest absolute Gasteiger partial charge is 0.182 e. The highest BCUT2D eigenvalue weighted by atomic mass is 35.5. The molecule has 0 amide bonds. The van der Waals surface area contributed by atoms with Crippen molar-refractivity contribution in [3.05, 3.63) is 58.9 Å². The topological polar surface area (TPSA) is 45.9 Å². The van der Waals surface area contributed by atoms with Crippen LogP contribution in [0.15, 0.2) is 42.6 Å². The van der Waals surface area contributed by atoms with Gasteiger partial charge in [-0.15, -0.1) is 0 Å². The summed E-state index contributed by atoms with van der Waals surface area (Å²) >= 11 is 5.78. The molecule has 0 saturated carbocycles. The Kier molecular flexibility index (Phi) is 3.59. The highest BCUT2D eigenvalue weighted by Gasteiger charge is 2.03. The molecule has 0 N–H and O–H groups in total. The summed E-state index contributed by atoms with van der Waals surface area (Å²) in [5.41, 5.74) is 1.28. The molecule has 1 heterocycles. The van der Waals surface area contributed by atoms with Gasteiger partial charge in [-0.2, -0.15) is 5.26 Å². The zero-order chi connectivity index (χ0) is 12.1. The van der Waals surface area contributed by atoms with Gasteiger partial charge in [-0.05, 0) is 29.8 Å².